The van der Waals surface area contributed by atoms with E-state index in [1.807, 2.05) is 23.7 Å². The van der Waals surface area contributed by atoms with Crippen molar-refractivity contribution in [3.63, 3.8) is 0 Å². The van der Waals surface area contributed by atoms with Crippen LogP contribution in [0.5, 0.6) is 0 Å². The zero-order valence-electron chi connectivity index (χ0n) is 13.3. The van der Waals surface area contributed by atoms with Crippen LogP contribution >= 0.6 is 11.3 Å². The van der Waals surface area contributed by atoms with Gasteiger partial charge in [-0.05, 0) is 31.4 Å². The Kier molecular flexibility index (Phi) is 4.58. The van der Waals surface area contributed by atoms with Gasteiger partial charge < -0.3 is 16.0 Å². The smallest absolute Gasteiger partial charge is 0.242 e. The summed E-state index contributed by atoms with van der Waals surface area (Å²) >= 11 is 1.47. The minimum absolute atomic E-state index is 0.238. The number of hydrogen-bond acceptors (Lipinski definition) is 6. The summed E-state index contributed by atoms with van der Waals surface area (Å²) in [7, 11) is 0. The number of aromatic nitrogens is 2. The molecule has 3 N–H and O–H groups in total. The average Bonchev–Trinajstić information content (AvgIpc) is 3.16. The van der Waals surface area contributed by atoms with Crippen LogP contribution in [-0.2, 0) is 4.79 Å². The molecule has 0 bridgehead atoms. The molecular formula is C16H21N5OS. The molecule has 122 valence electrons. The van der Waals surface area contributed by atoms with Crippen LogP contribution in [0.25, 0.3) is 10.6 Å². The number of hydrogen-bond donors (Lipinski definition) is 2. The Morgan fingerprint density at radius 2 is 2.35 bits per heavy atom. The highest BCUT2D eigenvalue weighted by molar-refractivity contribution is 7.13. The molecule has 7 heteroatoms. The predicted molar refractivity (Wildman–Crippen MR) is 93.6 cm³/mol. The SMILES string of the molecule is CC1CCN(c2ccc(-c3nc(NC(=O)C(C)N)cs3)cn2)C1. The van der Waals surface area contributed by atoms with Crippen molar-refractivity contribution in [2.45, 2.75) is 26.3 Å². The van der Waals surface area contributed by atoms with E-state index in [2.05, 4.69) is 27.1 Å². The number of thiazole rings is 1. The Morgan fingerprint density at radius 1 is 1.52 bits per heavy atom. The van der Waals surface area contributed by atoms with Gasteiger partial charge in [-0.15, -0.1) is 11.3 Å². The molecule has 2 aromatic heterocycles. The maximum Gasteiger partial charge on any atom is 0.242 e. The molecular weight excluding hydrogens is 310 g/mol. The lowest BCUT2D eigenvalue weighted by molar-refractivity contribution is -0.117. The van der Waals surface area contributed by atoms with Crippen LogP contribution < -0.4 is 16.0 Å². The molecule has 23 heavy (non-hydrogen) atoms. The van der Waals surface area contributed by atoms with E-state index in [0.717, 1.165) is 35.4 Å². The van der Waals surface area contributed by atoms with E-state index in [0.29, 0.717) is 5.82 Å². The van der Waals surface area contributed by atoms with Crippen molar-refractivity contribution in [3.8, 4) is 10.6 Å². The van der Waals surface area contributed by atoms with E-state index < -0.39 is 6.04 Å². The molecule has 2 atom stereocenters. The number of carbonyl (C=O) groups is 1. The molecule has 1 saturated heterocycles. The molecule has 3 rings (SSSR count). The Labute approximate surface area is 139 Å². The molecule has 0 radical (unpaired) electrons. The predicted octanol–water partition coefficient (Wildman–Crippen LogP) is 2.34. The summed E-state index contributed by atoms with van der Waals surface area (Å²) in [6.07, 6.45) is 3.06. The quantitative estimate of drug-likeness (QED) is 0.898. The lowest BCUT2D eigenvalue weighted by atomic mass is 10.2. The number of carbonyl (C=O) groups excluding carboxylic acids is 1. The topological polar surface area (TPSA) is 84.1 Å². The summed E-state index contributed by atoms with van der Waals surface area (Å²) in [5, 5.41) is 5.34. The van der Waals surface area contributed by atoms with Gasteiger partial charge in [-0.2, -0.15) is 0 Å². The molecule has 1 aliphatic rings. The summed E-state index contributed by atoms with van der Waals surface area (Å²) in [5.74, 6) is 2.04. The first-order valence-electron chi connectivity index (χ1n) is 7.76. The molecule has 1 aliphatic heterocycles. The maximum atomic E-state index is 11.6. The monoisotopic (exact) mass is 331 g/mol. The van der Waals surface area contributed by atoms with Gasteiger partial charge in [-0.25, -0.2) is 9.97 Å². The van der Waals surface area contributed by atoms with Crippen molar-refractivity contribution in [1.82, 2.24) is 9.97 Å². The summed E-state index contributed by atoms with van der Waals surface area (Å²) in [6.45, 7) is 6.04. The molecule has 0 aromatic carbocycles. The molecule has 2 aromatic rings. The third-order valence-corrected chi connectivity index (χ3v) is 4.80. The van der Waals surface area contributed by atoms with Crippen LogP contribution in [0.3, 0.4) is 0 Å². The van der Waals surface area contributed by atoms with Crippen molar-refractivity contribution in [2.24, 2.45) is 11.7 Å². The lowest BCUT2D eigenvalue weighted by Gasteiger charge is -2.16. The van der Waals surface area contributed by atoms with Crippen LogP contribution in [0.1, 0.15) is 20.3 Å². The van der Waals surface area contributed by atoms with E-state index in [1.54, 1.807) is 6.92 Å². The van der Waals surface area contributed by atoms with E-state index in [-0.39, 0.29) is 5.91 Å². The Balaban J connectivity index is 1.70. The largest absolute Gasteiger partial charge is 0.356 e. The first-order chi connectivity index (χ1) is 11.0. The van der Waals surface area contributed by atoms with Crippen molar-refractivity contribution >= 4 is 28.9 Å². The summed E-state index contributed by atoms with van der Waals surface area (Å²) < 4.78 is 0. The van der Waals surface area contributed by atoms with Gasteiger partial charge in [0.25, 0.3) is 0 Å². The van der Waals surface area contributed by atoms with E-state index in [9.17, 15) is 4.79 Å². The Morgan fingerprint density at radius 3 is 2.96 bits per heavy atom. The third kappa shape index (κ3) is 3.68. The standard InChI is InChI=1S/C16H21N5OS/c1-10-5-6-21(8-10)14-4-3-12(7-18-14)16-20-13(9-23-16)19-15(22)11(2)17/h3-4,7,9-11H,5-6,8,17H2,1-2H3,(H,19,22). The van der Waals surface area contributed by atoms with Crippen molar-refractivity contribution in [2.75, 3.05) is 23.3 Å². The van der Waals surface area contributed by atoms with E-state index in [1.165, 1.54) is 17.8 Å². The van der Waals surface area contributed by atoms with Gasteiger partial charge in [0.15, 0.2) is 0 Å². The zero-order valence-corrected chi connectivity index (χ0v) is 14.1. The Bertz CT molecular complexity index is 682. The summed E-state index contributed by atoms with van der Waals surface area (Å²) in [4.78, 5) is 22.9. The van der Waals surface area contributed by atoms with Crippen LogP contribution in [0.15, 0.2) is 23.7 Å². The molecule has 2 unspecified atom stereocenters. The van der Waals surface area contributed by atoms with Gasteiger partial charge in [0.2, 0.25) is 5.91 Å². The number of anilines is 2. The second-order valence-electron chi connectivity index (χ2n) is 6.06. The summed E-state index contributed by atoms with van der Waals surface area (Å²) in [5.41, 5.74) is 6.49. The van der Waals surface area contributed by atoms with Crippen LogP contribution in [0, 0.1) is 5.92 Å². The highest BCUT2D eigenvalue weighted by Gasteiger charge is 2.19. The number of pyridine rings is 1. The van der Waals surface area contributed by atoms with Crippen LogP contribution in [-0.4, -0.2) is 35.0 Å². The molecule has 1 fully saturated rings. The molecule has 1 amide bonds. The fraction of sp³-hybridized carbons (Fsp3) is 0.438. The highest BCUT2D eigenvalue weighted by Crippen LogP contribution is 2.28. The third-order valence-electron chi connectivity index (χ3n) is 3.91. The minimum atomic E-state index is -0.552. The Hall–Kier alpha value is -1.99. The maximum absolute atomic E-state index is 11.6. The molecule has 0 aliphatic carbocycles. The average molecular weight is 331 g/mol. The van der Waals surface area contributed by atoms with Crippen molar-refractivity contribution in [3.05, 3.63) is 23.7 Å². The lowest BCUT2D eigenvalue weighted by Crippen LogP contribution is -2.32. The first-order valence-corrected chi connectivity index (χ1v) is 8.64. The highest BCUT2D eigenvalue weighted by atomic mass is 32.1. The number of nitrogens with one attached hydrogen (secondary N) is 1. The molecule has 0 saturated carbocycles. The van der Waals surface area contributed by atoms with E-state index in [4.69, 9.17) is 5.73 Å². The minimum Gasteiger partial charge on any atom is -0.356 e. The number of nitrogens with two attached hydrogens (primary N) is 1. The molecule has 3 heterocycles. The second kappa shape index (κ2) is 6.64. The van der Waals surface area contributed by atoms with Gasteiger partial charge in [0.05, 0.1) is 6.04 Å². The van der Waals surface area contributed by atoms with Gasteiger partial charge in [-0.1, -0.05) is 6.92 Å². The molecule has 0 spiro atoms. The van der Waals surface area contributed by atoms with Crippen LogP contribution in [0.4, 0.5) is 11.6 Å². The van der Waals surface area contributed by atoms with Gasteiger partial charge >= 0.3 is 0 Å². The fourth-order valence-electron chi connectivity index (χ4n) is 2.55. The van der Waals surface area contributed by atoms with Crippen molar-refractivity contribution < 1.29 is 4.79 Å². The zero-order chi connectivity index (χ0) is 16.4. The van der Waals surface area contributed by atoms with Crippen molar-refractivity contribution in [1.29, 1.82) is 0 Å². The molecule has 6 nitrogen and oxygen atoms in total. The number of nitrogens with zero attached hydrogens (tertiary/aromatic N) is 3. The van der Waals surface area contributed by atoms with E-state index >= 15 is 0 Å². The normalized spacial score (nSPS) is 18.9. The first kappa shape index (κ1) is 15.9. The summed E-state index contributed by atoms with van der Waals surface area (Å²) in [6, 6.07) is 3.51. The van der Waals surface area contributed by atoms with Gasteiger partial charge in [0, 0.05) is 30.2 Å². The number of rotatable bonds is 4. The number of amides is 1. The van der Waals surface area contributed by atoms with Gasteiger partial charge in [0.1, 0.15) is 16.6 Å². The fourth-order valence-corrected chi connectivity index (χ4v) is 3.29. The van der Waals surface area contributed by atoms with Crippen LogP contribution in [0.2, 0.25) is 0 Å². The van der Waals surface area contributed by atoms with Gasteiger partial charge in [-0.3, -0.25) is 4.79 Å². The second-order valence-corrected chi connectivity index (χ2v) is 6.92.